The molecule has 0 aliphatic rings. The minimum absolute atomic E-state index is 0.141. The first-order valence-electron chi connectivity index (χ1n) is 9.70. The molecule has 0 radical (unpaired) electrons. The van der Waals surface area contributed by atoms with Crippen LogP contribution in [0.25, 0.3) is 0 Å². The lowest BCUT2D eigenvalue weighted by atomic mass is 10.1. The van der Waals surface area contributed by atoms with Gasteiger partial charge in [-0.1, -0.05) is 42.8 Å². The number of alkyl halides is 3. The van der Waals surface area contributed by atoms with Gasteiger partial charge in [0.1, 0.15) is 18.9 Å². The van der Waals surface area contributed by atoms with Crippen molar-refractivity contribution in [1.29, 1.82) is 0 Å². The Hall–Kier alpha value is -2.99. The van der Waals surface area contributed by atoms with Crippen molar-refractivity contribution < 1.29 is 22.7 Å². The van der Waals surface area contributed by atoms with Crippen LogP contribution >= 0.6 is 11.6 Å². The lowest BCUT2D eigenvalue weighted by molar-refractivity contribution is -0.118. The van der Waals surface area contributed by atoms with Crippen LogP contribution in [0.15, 0.2) is 72.8 Å². The van der Waals surface area contributed by atoms with Crippen molar-refractivity contribution in [1.82, 2.24) is 0 Å². The number of carbonyl (C=O) groups is 1. The van der Waals surface area contributed by atoms with E-state index in [1.807, 2.05) is 19.1 Å². The van der Waals surface area contributed by atoms with E-state index in [1.54, 1.807) is 36.4 Å². The molecule has 3 aromatic carbocycles. The summed E-state index contributed by atoms with van der Waals surface area (Å²) in [6, 6.07) is 19.7. The van der Waals surface area contributed by atoms with Gasteiger partial charge in [0.2, 0.25) is 0 Å². The Balaban J connectivity index is 1.74. The first-order chi connectivity index (χ1) is 14.7. The summed E-state index contributed by atoms with van der Waals surface area (Å²) in [7, 11) is 0. The maximum absolute atomic E-state index is 13.1. The Morgan fingerprint density at radius 3 is 2.03 bits per heavy atom. The smallest absolute Gasteiger partial charge is 0.406 e. The quantitative estimate of drug-likeness (QED) is 0.403. The molecule has 0 aliphatic heterocycles. The molecule has 0 saturated heterocycles. The minimum atomic E-state index is -4.53. The Morgan fingerprint density at radius 2 is 1.48 bits per heavy atom. The van der Waals surface area contributed by atoms with Gasteiger partial charge in [-0.05, 0) is 66.1 Å². The predicted molar refractivity (Wildman–Crippen MR) is 116 cm³/mol. The number of amides is 1. The van der Waals surface area contributed by atoms with Crippen molar-refractivity contribution in [3.05, 3.63) is 94.5 Å². The van der Waals surface area contributed by atoms with Gasteiger partial charge in [0.15, 0.2) is 0 Å². The largest absolute Gasteiger partial charge is 0.489 e. The van der Waals surface area contributed by atoms with Crippen LogP contribution in [0.2, 0.25) is 5.02 Å². The van der Waals surface area contributed by atoms with Crippen molar-refractivity contribution in [2.75, 3.05) is 11.4 Å². The van der Waals surface area contributed by atoms with Crippen molar-refractivity contribution >= 4 is 23.2 Å². The molecule has 0 aromatic heterocycles. The normalized spacial score (nSPS) is 11.3. The van der Waals surface area contributed by atoms with E-state index in [0.717, 1.165) is 22.4 Å². The molecule has 3 rings (SSSR count). The van der Waals surface area contributed by atoms with E-state index in [2.05, 4.69) is 0 Å². The van der Waals surface area contributed by atoms with Crippen LogP contribution < -0.4 is 9.64 Å². The number of benzene rings is 3. The van der Waals surface area contributed by atoms with Crippen molar-refractivity contribution in [3.63, 3.8) is 0 Å². The third kappa shape index (κ3) is 6.49. The van der Waals surface area contributed by atoms with E-state index >= 15 is 0 Å². The molecule has 0 fully saturated rings. The van der Waals surface area contributed by atoms with E-state index in [0.29, 0.717) is 17.4 Å². The van der Waals surface area contributed by atoms with Gasteiger partial charge in [-0.2, -0.15) is 13.2 Å². The molecule has 31 heavy (non-hydrogen) atoms. The molecule has 0 atom stereocenters. The number of nitrogens with zero attached hydrogens (tertiary/aromatic N) is 1. The van der Waals surface area contributed by atoms with Crippen LogP contribution in [-0.2, 0) is 13.0 Å². The zero-order valence-corrected chi connectivity index (χ0v) is 17.6. The Morgan fingerprint density at radius 1 is 0.903 bits per heavy atom. The van der Waals surface area contributed by atoms with Crippen LogP contribution in [0.5, 0.6) is 5.75 Å². The fourth-order valence-corrected chi connectivity index (χ4v) is 3.09. The molecule has 7 heteroatoms. The average Bonchev–Trinajstić information content (AvgIpc) is 2.76. The van der Waals surface area contributed by atoms with Gasteiger partial charge in [-0.25, -0.2) is 0 Å². The summed E-state index contributed by atoms with van der Waals surface area (Å²) in [5, 5.41) is 0.624. The Kier molecular flexibility index (Phi) is 7.23. The van der Waals surface area contributed by atoms with E-state index < -0.39 is 18.6 Å². The molecule has 0 bridgehead atoms. The van der Waals surface area contributed by atoms with Crippen molar-refractivity contribution in [2.24, 2.45) is 0 Å². The lowest BCUT2D eigenvalue weighted by Crippen LogP contribution is -2.39. The summed E-state index contributed by atoms with van der Waals surface area (Å²) in [4.78, 5) is 13.6. The van der Waals surface area contributed by atoms with Gasteiger partial charge >= 0.3 is 6.18 Å². The highest BCUT2D eigenvalue weighted by Crippen LogP contribution is 2.25. The van der Waals surface area contributed by atoms with Gasteiger partial charge in [-0.15, -0.1) is 0 Å². The van der Waals surface area contributed by atoms with E-state index in [-0.39, 0.29) is 11.3 Å². The first-order valence-corrected chi connectivity index (χ1v) is 10.1. The van der Waals surface area contributed by atoms with Crippen molar-refractivity contribution in [2.45, 2.75) is 26.1 Å². The molecule has 162 valence electrons. The van der Waals surface area contributed by atoms with E-state index in [4.69, 9.17) is 16.3 Å². The summed E-state index contributed by atoms with van der Waals surface area (Å²) in [5.41, 5.74) is 2.23. The van der Waals surface area contributed by atoms with Crippen LogP contribution in [0.1, 0.15) is 28.4 Å². The molecule has 0 spiro atoms. The number of halogens is 4. The number of carbonyl (C=O) groups excluding carboxylic acids is 1. The summed E-state index contributed by atoms with van der Waals surface area (Å²) < 4.78 is 45.1. The van der Waals surface area contributed by atoms with Gasteiger partial charge in [0.05, 0.1) is 0 Å². The topological polar surface area (TPSA) is 29.5 Å². The zero-order valence-electron chi connectivity index (χ0n) is 16.8. The summed E-state index contributed by atoms with van der Waals surface area (Å²) in [5.74, 6) is -0.230. The highest BCUT2D eigenvalue weighted by atomic mass is 35.5. The zero-order chi connectivity index (χ0) is 22.4. The average molecular weight is 448 g/mol. The first kappa shape index (κ1) is 22.7. The second kappa shape index (κ2) is 9.88. The fourth-order valence-electron chi connectivity index (χ4n) is 2.97. The van der Waals surface area contributed by atoms with Crippen LogP contribution in [-0.4, -0.2) is 18.6 Å². The van der Waals surface area contributed by atoms with Crippen molar-refractivity contribution in [3.8, 4) is 5.75 Å². The van der Waals surface area contributed by atoms with Crippen LogP contribution in [0.3, 0.4) is 0 Å². The number of hydrogen-bond donors (Lipinski definition) is 0. The SMILES string of the molecule is CCc1ccc(N(CC(F)(F)F)C(=O)c2ccc(OCc3ccc(Cl)cc3)cc2)cc1. The maximum atomic E-state index is 13.1. The maximum Gasteiger partial charge on any atom is 0.406 e. The predicted octanol–water partition coefficient (Wildman–Crippen LogP) is 6.69. The molecule has 0 N–H and O–H groups in total. The molecule has 1 amide bonds. The Bertz CT molecular complexity index is 1000. The summed E-state index contributed by atoms with van der Waals surface area (Å²) >= 11 is 5.85. The molecule has 0 aliphatic carbocycles. The number of aryl methyl sites for hydroxylation is 1. The summed E-state index contributed by atoms with van der Waals surface area (Å²) in [6.45, 7) is 0.880. The molecular weight excluding hydrogens is 427 g/mol. The molecule has 0 unspecified atom stereocenters. The fraction of sp³-hybridized carbons (Fsp3) is 0.208. The van der Waals surface area contributed by atoms with Gasteiger partial charge in [-0.3, -0.25) is 9.69 Å². The van der Waals surface area contributed by atoms with E-state index in [1.165, 1.54) is 24.3 Å². The second-order valence-corrected chi connectivity index (χ2v) is 7.40. The number of ether oxygens (including phenoxy) is 1. The third-order valence-corrected chi connectivity index (χ3v) is 4.91. The number of anilines is 1. The van der Waals surface area contributed by atoms with Gasteiger partial charge in [0.25, 0.3) is 5.91 Å². The number of hydrogen-bond acceptors (Lipinski definition) is 2. The standard InChI is InChI=1S/C24H21ClF3NO2/c1-2-17-5-11-21(12-6-17)29(16-24(26,27)28)23(30)19-7-13-22(14-8-19)31-15-18-3-9-20(25)10-4-18/h3-14H,2,15-16H2,1H3. The molecular formula is C24H21ClF3NO2. The lowest BCUT2D eigenvalue weighted by Gasteiger charge is -2.24. The monoisotopic (exact) mass is 447 g/mol. The molecule has 3 aromatic rings. The molecule has 0 saturated carbocycles. The third-order valence-electron chi connectivity index (χ3n) is 4.66. The van der Waals surface area contributed by atoms with Gasteiger partial charge < -0.3 is 4.74 Å². The van der Waals surface area contributed by atoms with Crippen LogP contribution in [0.4, 0.5) is 18.9 Å². The number of rotatable bonds is 7. The van der Waals surface area contributed by atoms with Crippen LogP contribution in [0, 0.1) is 0 Å². The highest BCUT2D eigenvalue weighted by molar-refractivity contribution is 6.30. The highest BCUT2D eigenvalue weighted by Gasteiger charge is 2.34. The molecule has 3 nitrogen and oxygen atoms in total. The van der Waals surface area contributed by atoms with Gasteiger partial charge in [0, 0.05) is 16.3 Å². The van der Waals surface area contributed by atoms with E-state index in [9.17, 15) is 18.0 Å². The minimum Gasteiger partial charge on any atom is -0.489 e. The second-order valence-electron chi connectivity index (χ2n) is 6.97. The summed E-state index contributed by atoms with van der Waals surface area (Å²) in [6.07, 6.45) is -3.77. The molecule has 0 heterocycles. The Labute approximate surface area is 184 Å².